The Labute approximate surface area is 155 Å². The molecule has 0 saturated heterocycles. The van der Waals surface area contributed by atoms with E-state index in [4.69, 9.17) is 16.3 Å². The molecule has 0 fully saturated rings. The normalized spacial score (nSPS) is 10.8. The van der Waals surface area contributed by atoms with E-state index in [1.54, 1.807) is 25.4 Å². The Morgan fingerprint density at radius 3 is 2.84 bits per heavy atom. The van der Waals surface area contributed by atoms with Gasteiger partial charge in [-0.2, -0.15) is 0 Å². The highest BCUT2D eigenvalue weighted by Gasteiger charge is 2.12. The highest BCUT2D eigenvalue weighted by atomic mass is 35.5. The summed E-state index contributed by atoms with van der Waals surface area (Å²) in [4.78, 5) is 5.10. The molecule has 0 amide bonds. The molecule has 1 N–H and O–H groups in total. The summed E-state index contributed by atoms with van der Waals surface area (Å²) in [5.74, 6) is 0.571. The van der Waals surface area contributed by atoms with Gasteiger partial charge in [0.1, 0.15) is 16.6 Å². The molecule has 0 aliphatic carbocycles. The predicted octanol–water partition coefficient (Wildman–Crippen LogP) is 4.94. The summed E-state index contributed by atoms with van der Waals surface area (Å²) in [6.07, 6.45) is 2.54. The lowest BCUT2D eigenvalue weighted by atomic mass is 10.1. The number of thiazole rings is 1. The zero-order chi connectivity index (χ0) is 17.6. The second kappa shape index (κ2) is 8.43. The number of nitrogens with zero attached hydrogens (tertiary/aromatic N) is 1. The summed E-state index contributed by atoms with van der Waals surface area (Å²) in [5.41, 5.74) is 1.58. The maximum Gasteiger partial charge on any atom is 0.133 e. The van der Waals surface area contributed by atoms with Crippen LogP contribution in [0.25, 0.3) is 10.4 Å². The van der Waals surface area contributed by atoms with Gasteiger partial charge in [0, 0.05) is 18.3 Å². The van der Waals surface area contributed by atoms with Crippen molar-refractivity contribution in [2.24, 2.45) is 0 Å². The van der Waals surface area contributed by atoms with Crippen LogP contribution in [0, 0.1) is 5.82 Å². The van der Waals surface area contributed by atoms with E-state index in [1.807, 2.05) is 18.2 Å². The first-order valence-electron chi connectivity index (χ1n) is 7.90. The summed E-state index contributed by atoms with van der Waals surface area (Å²) in [6.45, 7) is 1.43. The average molecular weight is 377 g/mol. The molecule has 1 aromatic heterocycles. The molecule has 0 aliphatic heterocycles. The zero-order valence-electron chi connectivity index (χ0n) is 13.8. The lowest BCUT2D eigenvalue weighted by Crippen LogP contribution is -2.16. The molecule has 6 heteroatoms. The van der Waals surface area contributed by atoms with Gasteiger partial charge < -0.3 is 10.1 Å². The van der Waals surface area contributed by atoms with E-state index in [-0.39, 0.29) is 5.82 Å². The first kappa shape index (κ1) is 17.9. The number of aromatic nitrogens is 1. The molecule has 0 radical (unpaired) electrons. The van der Waals surface area contributed by atoms with Crippen molar-refractivity contribution in [3.8, 4) is 16.2 Å². The van der Waals surface area contributed by atoms with Crippen LogP contribution in [0.4, 0.5) is 4.39 Å². The van der Waals surface area contributed by atoms with Crippen LogP contribution >= 0.6 is 22.9 Å². The van der Waals surface area contributed by atoms with Gasteiger partial charge in [-0.3, -0.25) is 0 Å². The molecular weight excluding hydrogens is 359 g/mol. The minimum atomic E-state index is -0.327. The maximum absolute atomic E-state index is 14.0. The lowest BCUT2D eigenvalue weighted by Gasteiger charge is -2.08. The van der Waals surface area contributed by atoms with E-state index in [1.165, 1.54) is 17.4 Å². The fourth-order valence-electron chi connectivity index (χ4n) is 2.57. The molecule has 0 aliphatic rings. The third-order valence-corrected chi connectivity index (χ3v) is 5.13. The number of halogens is 2. The minimum Gasteiger partial charge on any atom is -0.496 e. The van der Waals surface area contributed by atoms with Crippen LogP contribution in [0.5, 0.6) is 5.75 Å². The lowest BCUT2D eigenvalue weighted by molar-refractivity contribution is 0.409. The molecule has 3 aromatic rings. The van der Waals surface area contributed by atoms with Crippen LogP contribution in [0.1, 0.15) is 10.6 Å². The first-order chi connectivity index (χ1) is 12.2. The van der Waals surface area contributed by atoms with Crippen molar-refractivity contribution in [3.63, 3.8) is 0 Å². The Hall–Kier alpha value is -1.95. The summed E-state index contributed by atoms with van der Waals surface area (Å²) >= 11 is 7.55. The fraction of sp³-hybridized carbons (Fsp3) is 0.211. The molecule has 0 spiro atoms. The second-order valence-corrected chi connectivity index (χ2v) is 6.98. The summed E-state index contributed by atoms with van der Waals surface area (Å²) < 4.78 is 19.3. The molecule has 130 valence electrons. The zero-order valence-corrected chi connectivity index (χ0v) is 15.3. The van der Waals surface area contributed by atoms with Crippen LogP contribution in [-0.4, -0.2) is 18.6 Å². The number of hydrogen-bond donors (Lipinski definition) is 1. The molecule has 1 heterocycles. The summed E-state index contributed by atoms with van der Waals surface area (Å²) in [7, 11) is 1.68. The van der Waals surface area contributed by atoms with Crippen molar-refractivity contribution in [3.05, 3.63) is 70.1 Å². The van der Waals surface area contributed by atoms with E-state index in [0.29, 0.717) is 17.1 Å². The Balaban J connectivity index is 1.57. The summed E-state index contributed by atoms with van der Waals surface area (Å²) in [6, 6.07) is 12.7. The Morgan fingerprint density at radius 1 is 1.20 bits per heavy atom. The van der Waals surface area contributed by atoms with Crippen molar-refractivity contribution in [1.29, 1.82) is 0 Å². The van der Waals surface area contributed by atoms with Crippen LogP contribution in [-0.2, 0) is 13.0 Å². The van der Waals surface area contributed by atoms with E-state index in [0.717, 1.165) is 34.2 Å². The minimum absolute atomic E-state index is 0.327. The molecule has 3 rings (SSSR count). The molecule has 0 unspecified atom stereocenters. The molecule has 0 bridgehead atoms. The van der Waals surface area contributed by atoms with Crippen molar-refractivity contribution in [2.45, 2.75) is 13.0 Å². The predicted molar refractivity (Wildman–Crippen MR) is 101 cm³/mol. The maximum atomic E-state index is 14.0. The monoisotopic (exact) mass is 376 g/mol. The second-order valence-electron chi connectivity index (χ2n) is 5.45. The number of nitrogens with one attached hydrogen (secondary N) is 1. The highest BCUT2D eigenvalue weighted by molar-refractivity contribution is 7.15. The topological polar surface area (TPSA) is 34.1 Å². The Bertz CT molecular complexity index is 833. The standard InChI is InChI=1S/C19H18ClFN2OS/c1-24-16-8-3-2-5-13(16)9-10-22-12-18-23-11-17(25-18)19-14(20)6-4-7-15(19)21/h2-8,11,22H,9-10,12H2,1H3. The summed E-state index contributed by atoms with van der Waals surface area (Å²) in [5, 5.41) is 4.66. The van der Waals surface area contributed by atoms with Crippen LogP contribution in [0.3, 0.4) is 0 Å². The van der Waals surface area contributed by atoms with Gasteiger partial charge in [-0.15, -0.1) is 11.3 Å². The number of hydrogen-bond acceptors (Lipinski definition) is 4. The van der Waals surface area contributed by atoms with Crippen molar-refractivity contribution < 1.29 is 9.13 Å². The molecule has 2 aromatic carbocycles. The van der Waals surface area contributed by atoms with Crippen LogP contribution in [0.2, 0.25) is 5.02 Å². The molecule has 0 atom stereocenters. The number of methoxy groups -OCH3 is 1. The number of rotatable bonds is 7. The van der Waals surface area contributed by atoms with E-state index >= 15 is 0 Å². The SMILES string of the molecule is COc1ccccc1CCNCc1ncc(-c2c(F)cccc2Cl)s1. The van der Waals surface area contributed by atoms with Crippen molar-refractivity contribution >= 4 is 22.9 Å². The van der Waals surface area contributed by atoms with Crippen LogP contribution in [0.15, 0.2) is 48.7 Å². The van der Waals surface area contributed by atoms with Gasteiger partial charge >= 0.3 is 0 Å². The smallest absolute Gasteiger partial charge is 0.133 e. The van der Waals surface area contributed by atoms with E-state index in [9.17, 15) is 4.39 Å². The van der Waals surface area contributed by atoms with E-state index in [2.05, 4.69) is 16.4 Å². The van der Waals surface area contributed by atoms with Gasteiger partial charge in [-0.1, -0.05) is 35.9 Å². The average Bonchev–Trinajstić information content (AvgIpc) is 3.07. The van der Waals surface area contributed by atoms with Gasteiger partial charge in [0.25, 0.3) is 0 Å². The van der Waals surface area contributed by atoms with Gasteiger partial charge in [0.15, 0.2) is 0 Å². The number of para-hydroxylation sites is 1. The van der Waals surface area contributed by atoms with Gasteiger partial charge in [0.05, 0.1) is 17.0 Å². The van der Waals surface area contributed by atoms with E-state index < -0.39 is 0 Å². The quantitative estimate of drug-likeness (QED) is 0.593. The third kappa shape index (κ3) is 4.37. The van der Waals surface area contributed by atoms with Gasteiger partial charge in [0.2, 0.25) is 0 Å². The molecule has 25 heavy (non-hydrogen) atoms. The first-order valence-corrected chi connectivity index (χ1v) is 9.10. The third-order valence-electron chi connectivity index (χ3n) is 3.80. The highest BCUT2D eigenvalue weighted by Crippen LogP contribution is 2.34. The molecule has 0 saturated carbocycles. The van der Waals surface area contributed by atoms with Gasteiger partial charge in [-0.25, -0.2) is 9.37 Å². The Morgan fingerprint density at radius 2 is 2.04 bits per heavy atom. The molecule has 3 nitrogen and oxygen atoms in total. The van der Waals surface area contributed by atoms with Crippen molar-refractivity contribution in [1.82, 2.24) is 10.3 Å². The van der Waals surface area contributed by atoms with Gasteiger partial charge in [-0.05, 0) is 36.7 Å². The molecular formula is C19H18ClFN2OS. The van der Waals surface area contributed by atoms with Crippen LogP contribution < -0.4 is 10.1 Å². The Kier molecular flexibility index (Phi) is 6.02. The van der Waals surface area contributed by atoms with Crippen molar-refractivity contribution in [2.75, 3.05) is 13.7 Å². The largest absolute Gasteiger partial charge is 0.496 e. The number of ether oxygens (including phenoxy) is 1. The number of benzene rings is 2. The fourth-order valence-corrected chi connectivity index (χ4v) is 3.84.